The van der Waals surface area contributed by atoms with E-state index in [9.17, 15) is 4.79 Å². The van der Waals surface area contributed by atoms with Gasteiger partial charge in [-0.25, -0.2) is 9.97 Å². The van der Waals surface area contributed by atoms with E-state index >= 15 is 0 Å². The first-order valence-corrected chi connectivity index (χ1v) is 9.62. The number of hydrogen-bond donors (Lipinski definition) is 1. The van der Waals surface area contributed by atoms with Crippen LogP contribution in [0.4, 0.5) is 5.95 Å². The van der Waals surface area contributed by atoms with Crippen LogP contribution in [0, 0.1) is 0 Å². The summed E-state index contributed by atoms with van der Waals surface area (Å²) in [4.78, 5) is 21.5. The Morgan fingerprint density at radius 3 is 2.54 bits per heavy atom. The normalized spacial score (nSPS) is 17.1. The second kappa shape index (κ2) is 7.56. The Labute approximate surface area is 156 Å². The lowest BCUT2D eigenvalue weighted by molar-refractivity contribution is 0.0962. The highest BCUT2D eigenvalue weighted by Gasteiger charge is 2.28. The van der Waals surface area contributed by atoms with E-state index in [1.54, 1.807) is 6.20 Å². The smallest absolute Gasteiger partial charge is 0.222 e. The molecule has 138 valence electrons. The number of Topliss-reactive ketones (excluding diaryl/α,β-unsaturated/α-hetero) is 1. The molecule has 0 spiro atoms. The van der Waals surface area contributed by atoms with Crippen molar-refractivity contribution in [3.05, 3.63) is 52.8 Å². The molecular weight excluding hydrogens is 322 g/mol. The number of fused-ring (bicyclic) bond motifs is 1. The van der Waals surface area contributed by atoms with Crippen LogP contribution in [0.5, 0.6) is 0 Å². The summed E-state index contributed by atoms with van der Waals surface area (Å²) in [6.45, 7) is 9.66. The van der Waals surface area contributed by atoms with Crippen molar-refractivity contribution in [3.8, 4) is 0 Å². The van der Waals surface area contributed by atoms with Gasteiger partial charge in [0.05, 0.1) is 11.3 Å². The van der Waals surface area contributed by atoms with Crippen LogP contribution in [0.25, 0.3) is 0 Å². The first-order valence-electron chi connectivity index (χ1n) is 9.62. The molecule has 1 heterocycles. The summed E-state index contributed by atoms with van der Waals surface area (Å²) in [7, 11) is 0. The van der Waals surface area contributed by atoms with E-state index in [1.807, 2.05) is 0 Å². The number of ketones is 1. The third-order valence-corrected chi connectivity index (χ3v) is 5.10. The number of unbranched alkanes of at least 4 members (excludes halogenated alkanes) is 1. The molecule has 0 saturated carbocycles. The van der Waals surface area contributed by atoms with E-state index in [2.05, 4.69) is 67.2 Å². The highest BCUT2D eigenvalue weighted by atomic mass is 16.1. The van der Waals surface area contributed by atoms with Gasteiger partial charge in [-0.2, -0.15) is 0 Å². The fourth-order valence-electron chi connectivity index (χ4n) is 3.40. The number of carbonyl (C=O) groups excluding carboxylic acids is 1. The van der Waals surface area contributed by atoms with E-state index in [1.165, 1.54) is 11.1 Å². The molecule has 0 aliphatic heterocycles. The van der Waals surface area contributed by atoms with Crippen molar-refractivity contribution in [2.75, 3.05) is 11.9 Å². The minimum Gasteiger partial charge on any atom is -0.354 e. The van der Waals surface area contributed by atoms with Gasteiger partial charge in [0, 0.05) is 19.2 Å². The van der Waals surface area contributed by atoms with Crippen LogP contribution >= 0.6 is 0 Å². The number of benzene rings is 1. The van der Waals surface area contributed by atoms with Crippen molar-refractivity contribution < 1.29 is 4.79 Å². The van der Waals surface area contributed by atoms with E-state index < -0.39 is 0 Å². The number of carbonyl (C=O) groups is 1. The highest BCUT2D eigenvalue weighted by molar-refractivity contribution is 5.98. The van der Waals surface area contributed by atoms with Crippen molar-refractivity contribution in [1.29, 1.82) is 0 Å². The van der Waals surface area contributed by atoms with Crippen LogP contribution in [0.3, 0.4) is 0 Å². The molecular formula is C22H29N3O. The average Bonchev–Trinajstić information content (AvgIpc) is 2.61. The number of anilines is 1. The van der Waals surface area contributed by atoms with Gasteiger partial charge in [-0.1, -0.05) is 58.4 Å². The van der Waals surface area contributed by atoms with E-state index in [0.717, 1.165) is 31.5 Å². The van der Waals surface area contributed by atoms with E-state index in [0.29, 0.717) is 17.9 Å². The van der Waals surface area contributed by atoms with Crippen LogP contribution in [0.15, 0.2) is 30.5 Å². The maximum absolute atomic E-state index is 12.6. The molecule has 1 N–H and O–H groups in total. The number of nitrogens with zero attached hydrogens (tertiary/aromatic N) is 2. The van der Waals surface area contributed by atoms with Crippen molar-refractivity contribution >= 4 is 11.7 Å². The Morgan fingerprint density at radius 1 is 1.15 bits per heavy atom. The summed E-state index contributed by atoms with van der Waals surface area (Å²) in [6.07, 6.45) is 5.23. The zero-order valence-electron chi connectivity index (χ0n) is 16.3. The Kier molecular flexibility index (Phi) is 5.40. The standard InChI is InChI=1S/C22H29N3O/c1-5-6-11-23-21-24-14-18-19(25-21)12-16(13-20(18)26)15-7-9-17(10-8-15)22(2,3)4/h7-10,14,16H,5-6,11-13H2,1-4H3,(H,23,24,25)/t16-/m1/s1. The third-order valence-electron chi connectivity index (χ3n) is 5.10. The molecule has 0 fully saturated rings. The molecule has 1 aliphatic carbocycles. The summed E-state index contributed by atoms with van der Waals surface area (Å²) in [6, 6.07) is 8.72. The molecule has 1 aliphatic rings. The van der Waals surface area contributed by atoms with Gasteiger partial charge in [-0.3, -0.25) is 4.79 Å². The number of hydrogen-bond acceptors (Lipinski definition) is 4. The fourth-order valence-corrected chi connectivity index (χ4v) is 3.40. The first kappa shape index (κ1) is 18.6. The molecule has 3 rings (SSSR count). The minimum atomic E-state index is 0.139. The predicted octanol–water partition coefficient (Wildman–Crippen LogP) is 4.90. The molecule has 4 heteroatoms. The van der Waals surface area contributed by atoms with Crippen molar-refractivity contribution in [2.45, 2.75) is 64.7 Å². The topological polar surface area (TPSA) is 54.9 Å². The lowest BCUT2D eigenvalue weighted by atomic mass is 9.80. The molecule has 4 nitrogen and oxygen atoms in total. The summed E-state index contributed by atoms with van der Waals surface area (Å²) in [5, 5.41) is 3.26. The molecule has 1 atom stereocenters. The van der Waals surface area contributed by atoms with Crippen LogP contribution in [-0.4, -0.2) is 22.3 Å². The monoisotopic (exact) mass is 351 g/mol. The third kappa shape index (κ3) is 4.12. The first-order chi connectivity index (χ1) is 12.4. The zero-order valence-corrected chi connectivity index (χ0v) is 16.3. The molecule has 26 heavy (non-hydrogen) atoms. The van der Waals surface area contributed by atoms with Gasteiger partial charge < -0.3 is 5.32 Å². The molecule has 0 bridgehead atoms. The molecule has 1 aromatic heterocycles. The van der Waals surface area contributed by atoms with Crippen LogP contribution in [-0.2, 0) is 11.8 Å². The van der Waals surface area contributed by atoms with Crippen LogP contribution in [0.1, 0.15) is 80.1 Å². The second-order valence-corrected chi connectivity index (χ2v) is 8.23. The van der Waals surface area contributed by atoms with Crippen molar-refractivity contribution in [3.63, 3.8) is 0 Å². The number of nitrogens with one attached hydrogen (secondary N) is 1. The Hall–Kier alpha value is -2.23. The van der Waals surface area contributed by atoms with Gasteiger partial charge in [0.25, 0.3) is 0 Å². The number of rotatable bonds is 5. The Morgan fingerprint density at radius 2 is 1.88 bits per heavy atom. The van der Waals surface area contributed by atoms with Gasteiger partial charge in [-0.05, 0) is 35.3 Å². The minimum absolute atomic E-state index is 0.139. The summed E-state index contributed by atoms with van der Waals surface area (Å²) in [5.74, 6) is 0.979. The molecule has 2 aromatic rings. The fraction of sp³-hybridized carbons (Fsp3) is 0.500. The van der Waals surface area contributed by atoms with Gasteiger partial charge in [0.1, 0.15) is 0 Å². The van der Waals surface area contributed by atoms with Crippen molar-refractivity contribution in [2.24, 2.45) is 0 Å². The maximum Gasteiger partial charge on any atom is 0.222 e. The van der Waals surface area contributed by atoms with E-state index in [4.69, 9.17) is 0 Å². The summed E-state index contributed by atoms with van der Waals surface area (Å²) in [5.41, 5.74) is 4.23. The van der Waals surface area contributed by atoms with Gasteiger partial charge in [-0.15, -0.1) is 0 Å². The van der Waals surface area contributed by atoms with E-state index in [-0.39, 0.29) is 17.1 Å². The molecule has 1 aromatic carbocycles. The molecule has 0 amide bonds. The second-order valence-electron chi connectivity index (χ2n) is 8.23. The van der Waals surface area contributed by atoms with Crippen LogP contribution in [0.2, 0.25) is 0 Å². The maximum atomic E-state index is 12.6. The SMILES string of the molecule is CCCCNc1ncc2c(n1)C[C@@H](c1ccc(C(C)(C)C)cc1)CC2=O. The molecule has 0 saturated heterocycles. The van der Waals surface area contributed by atoms with Gasteiger partial charge >= 0.3 is 0 Å². The zero-order chi connectivity index (χ0) is 18.7. The lowest BCUT2D eigenvalue weighted by Gasteiger charge is -2.25. The van der Waals surface area contributed by atoms with Gasteiger partial charge in [0.2, 0.25) is 5.95 Å². The quantitative estimate of drug-likeness (QED) is 0.779. The molecule has 0 unspecified atom stereocenters. The van der Waals surface area contributed by atoms with Crippen LogP contribution < -0.4 is 5.32 Å². The summed E-state index contributed by atoms with van der Waals surface area (Å²) < 4.78 is 0. The Balaban J connectivity index is 1.79. The molecule has 0 radical (unpaired) electrons. The predicted molar refractivity (Wildman–Crippen MR) is 106 cm³/mol. The van der Waals surface area contributed by atoms with Crippen molar-refractivity contribution in [1.82, 2.24) is 9.97 Å². The Bertz CT molecular complexity index is 775. The average molecular weight is 351 g/mol. The number of aromatic nitrogens is 2. The van der Waals surface area contributed by atoms with Gasteiger partial charge in [0.15, 0.2) is 5.78 Å². The largest absolute Gasteiger partial charge is 0.354 e. The summed E-state index contributed by atoms with van der Waals surface area (Å²) >= 11 is 0. The lowest BCUT2D eigenvalue weighted by Crippen LogP contribution is -2.21. The highest BCUT2D eigenvalue weighted by Crippen LogP contribution is 2.33.